The zero-order chi connectivity index (χ0) is 20.3. The number of fused-ring (bicyclic) bond motifs is 1. The normalized spacial score (nSPS) is 14.2. The molecule has 0 amide bonds. The fraction of sp³-hybridized carbons (Fsp3) is 0.261. The van der Waals surface area contributed by atoms with E-state index in [1.165, 1.54) is 30.6 Å². The maximum atomic E-state index is 12.9. The number of Topliss-reactive ketones (excluding diaryl/α,β-unsaturated/α-hetero) is 1. The van der Waals surface area contributed by atoms with Gasteiger partial charge < -0.3 is 4.90 Å². The second-order valence-corrected chi connectivity index (χ2v) is 8.37. The summed E-state index contributed by atoms with van der Waals surface area (Å²) in [5.74, 6) is 0.955. The second kappa shape index (κ2) is 8.28. The SMILES string of the molecule is O=C(Cc1cc2cc(-c3nncs3)ccc2cn1)c1ccnc(N2CCCCC2)c1. The maximum absolute atomic E-state index is 12.9. The van der Waals surface area contributed by atoms with Crippen molar-refractivity contribution in [2.45, 2.75) is 25.7 Å². The molecule has 6 nitrogen and oxygen atoms in total. The lowest BCUT2D eigenvalue weighted by Crippen LogP contribution is -2.30. The lowest BCUT2D eigenvalue weighted by Gasteiger charge is -2.27. The van der Waals surface area contributed by atoms with Crippen molar-refractivity contribution in [3.8, 4) is 10.6 Å². The monoisotopic (exact) mass is 415 g/mol. The van der Waals surface area contributed by atoms with Crippen LogP contribution in [0.5, 0.6) is 0 Å². The zero-order valence-electron chi connectivity index (χ0n) is 16.5. The number of aromatic nitrogens is 4. The number of piperidine rings is 1. The summed E-state index contributed by atoms with van der Waals surface area (Å²) >= 11 is 1.51. The minimum Gasteiger partial charge on any atom is -0.357 e. The lowest BCUT2D eigenvalue weighted by atomic mass is 10.0. The van der Waals surface area contributed by atoms with E-state index in [0.717, 1.165) is 45.9 Å². The van der Waals surface area contributed by atoms with Crippen LogP contribution in [0.3, 0.4) is 0 Å². The van der Waals surface area contributed by atoms with Gasteiger partial charge in [0.25, 0.3) is 0 Å². The molecule has 1 aromatic carbocycles. The van der Waals surface area contributed by atoms with E-state index in [-0.39, 0.29) is 12.2 Å². The van der Waals surface area contributed by atoms with Gasteiger partial charge in [0.05, 0.1) is 6.42 Å². The minimum absolute atomic E-state index is 0.0581. The Labute approximate surface area is 178 Å². The van der Waals surface area contributed by atoms with Crippen molar-refractivity contribution >= 4 is 33.7 Å². The van der Waals surface area contributed by atoms with Crippen molar-refractivity contribution in [1.29, 1.82) is 0 Å². The van der Waals surface area contributed by atoms with Gasteiger partial charge in [-0.25, -0.2) is 4.98 Å². The molecule has 0 aliphatic carbocycles. The first kappa shape index (κ1) is 18.8. The molecule has 0 spiro atoms. The molecule has 4 aromatic rings. The molecular weight excluding hydrogens is 394 g/mol. The topological polar surface area (TPSA) is 71.9 Å². The summed E-state index contributed by atoms with van der Waals surface area (Å²) in [7, 11) is 0. The molecule has 3 aromatic heterocycles. The lowest BCUT2D eigenvalue weighted by molar-refractivity contribution is 0.0992. The average molecular weight is 416 g/mol. The number of ketones is 1. The van der Waals surface area contributed by atoms with Crippen LogP contribution in [0.4, 0.5) is 5.82 Å². The number of anilines is 1. The van der Waals surface area contributed by atoms with E-state index >= 15 is 0 Å². The van der Waals surface area contributed by atoms with Crippen LogP contribution < -0.4 is 4.90 Å². The van der Waals surface area contributed by atoms with Crippen molar-refractivity contribution < 1.29 is 4.79 Å². The Morgan fingerprint density at radius 2 is 1.90 bits per heavy atom. The third-order valence-corrected chi connectivity index (χ3v) is 6.21. The van der Waals surface area contributed by atoms with Gasteiger partial charge in [-0.3, -0.25) is 9.78 Å². The molecule has 4 heterocycles. The molecule has 1 aliphatic rings. The van der Waals surface area contributed by atoms with Gasteiger partial charge in [-0.2, -0.15) is 0 Å². The molecule has 0 atom stereocenters. The molecule has 1 saturated heterocycles. The summed E-state index contributed by atoms with van der Waals surface area (Å²) in [5.41, 5.74) is 4.20. The Hall–Kier alpha value is -3.19. The molecule has 30 heavy (non-hydrogen) atoms. The third-order valence-electron chi connectivity index (χ3n) is 5.47. The first-order valence-corrected chi connectivity index (χ1v) is 11.0. The third kappa shape index (κ3) is 3.93. The van der Waals surface area contributed by atoms with Crippen LogP contribution in [0, 0.1) is 0 Å². The van der Waals surface area contributed by atoms with Gasteiger partial charge in [-0.05, 0) is 48.9 Å². The van der Waals surface area contributed by atoms with E-state index < -0.39 is 0 Å². The molecule has 0 bridgehead atoms. The Morgan fingerprint density at radius 3 is 2.73 bits per heavy atom. The second-order valence-electron chi connectivity index (χ2n) is 7.53. The summed E-state index contributed by atoms with van der Waals surface area (Å²) < 4.78 is 0. The molecule has 0 radical (unpaired) electrons. The Bertz CT molecular complexity index is 1190. The van der Waals surface area contributed by atoms with E-state index in [0.29, 0.717) is 5.56 Å². The Morgan fingerprint density at radius 1 is 1.00 bits per heavy atom. The molecule has 5 rings (SSSR count). The molecular formula is C23H21N5OS. The van der Waals surface area contributed by atoms with Crippen LogP contribution in [-0.4, -0.2) is 39.0 Å². The van der Waals surface area contributed by atoms with Gasteiger partial charge in [0.15, 0.2) is 5.78 Å². The molecule has 1 aliphatic heterocycles. The average Bonchev–Trinajstić information content (AvgIpc) is 3.34. The molecule has 0 N–H and O–H groups in total. The summed E-state index contributed by atoms with van der Waals surface area (Å²) in [4.78, 5) is 24.2. The van der Waals surface area contributed by atoms with E-state index in [9.17, 15) is 4.79 Å². The highest BCUT2D eigenvalue weighted by Crippen LogP contribution is 2.26. The van der Waals surface area contributed by atoms with Crippen molar-refractivity contribution in [3.63, 3.8) is 0 Å². The zero-order valence-corrected chi connectivity index (χ0v) is 17.3. The number of nitrogens with zero attached hydrogens (tertiary/aromatic N) is 5. The van der Waals surface area contributed by atoms with E-state index in [4.69, 9.17) is 0 Å². The smallest absolute Gasteiger partial charge is 0.169 e. The summed E-state index contributed by atoms with van der Waals surface area (Å²) in [6.07, 6.45) is 7.46. The van der Waals surface area contributed by atoms with Crippen molar-refractivity contribution in [2.24, 2.45) is 0 Å². The molecule has 7 heteroatoms. The number of benzene rings is 1. The van der Waals surface area contributed by atoms with Gasteiger partial charge >= 0.3 is 0 Å². The van der Waals surface area contributed by atoms with Gasteiger partial charge in [0.2, 0.25) is 0 Å². The van der Waals surface area contributed by atoms with E-state index in [1.54, 1.807) is 17.8 Å². The van der Waals surface area contributed by atoms with Crippen molar-refractivity contribution in [2.75, 3.05) is 18.0 Å². The quantitative estimate of drug-likeness (QED) is 0.445. The number of hydrogen-bond acceptors (Lipinski definition) is 7. The number of carbonyl (C=O) groups excluding carboxylic acids is 1. The van der Waals surface area contributed by atoms with Gasteiger partial charge in [0, 0.05) is 47.7 Å². The Balaban J connectivity index is 1.37. The van der Waals surface area contributed by atoms with Gasteiger partial charge in [0.1, 0.15) is 16.3 Å². The summed E-state index contributed by atoms with van der Waals surface area (Å²) in [6, 6.07) is 11.8. The van der Waals surface area contributed by atoms with Crippen LogP contribution in [-0.2, 0) is 6.42 Å². The number of hydrogen-bond donors (Lipinski definition) is 0. The minimum atomic E-state index is 0.0581. The fourth-order valence-corrected chi connectivity index (χ4v) is 4.42. The van der Waals surface area contributed by atoms with Crippen molar-refractivity contribution in [1.82, 2.24) is 20.2 Å². The highest BCUT2D eigenvalue weighted by Gasteiger charge is 2.15. The number of carbonyl (C=O) groups is 1. The predicted molar refractivity (Wildman–Crippen MR) is 119 cm³/mol. The van der Waals surface area contributed by atoms with Crippen molar-refractivity contribution in [3.05, 3.63) is 65.6 Å². The van der Waals surface area contributed by atoms with E-state index in [2.05, 4.69) is 31.1 Å². The maximum Gasteiger partial charge on any atom is 0.169 e. The molecule has 1 fully saturated rings. The van der Waals surface area contributed by atoms with Crippen LogP contribution >= 0.6 is 11.3 Å². The predicted octanol–water partition coefficient (Wildman–Crippen LogP) is 4.56. The van der Waals surface area contributed by atoms with E-state index in [1.807, 2.05) is 30.5 Å². The molecule has 150 valence electrons. The largest absolute Gasteiger partial charge is 0.357 e. The highest BCUT2D eigenvalue weighted by atomic mass is 32.1. The standard InChI is InChI=1S/C23H21N5OS/c29-21(16-6-7-24-22(12-16)28-8-2-1-3-9-28)13-20-11-19-10-17(23-27-26-15-30-23)4-5-18(19)14-25-20/h4-7,10-12,14-15H,1-3,8-9,13H2. The van der Waals surface area contributed by atoms with Gasteiger partial charge in [-0.15, -0.1) is 10.2 Å². The van der Waals surface area contributed by atoms with Crippen LogP contribution in [0.15, 0.2) is 54.3 Å². The van der Waals surface area contributed by atoms with Gasteiger partial charge in [-0.1, -0.05) is 23.5 Å². The fourth-order valence-electron chi connectivity index (χ4n) is 3.87. The molecule has 0 saturated carbocycles. The molecule has 0 unspecified atom stereocenters. The summed E-state index contributed by atoms with van der Waals surface area (Å²) in [5, 5.41) is 11.0. The highest BCUT2D eigenvalue weighted by molar-refractivity contribution is 7.12. The number of rotatable bonds is 5. The summed E-state index contributed by atoms with van der Waals surface area (Å²) in [6.45, 7) is 2.02. The first-order valence-electron chi connectivity index (χ1n) is 10.2. The van der Waals surface area contributed by atoms with Crippen LogP contribution in [0.1, 0.15) is 35.3 Å². The van der Waals surface area contributed by atoms with Crippen LogP contribution in [0.2, 0.25) is 0 Å². The Kier molecular flexibility index (Phi) is 5.19. The first-order chi connectivity index (χ1) is 14.8. The number of pyridine rings is 2. The van der Waals surface area contributed by atoms with Crippen LogP contribution in [0.25, 0.3) is 21.3 Å².